The maximum absolute atomic E-state index is 14.0. The number of ether oxygens (including phenoxy) is 1. The van der Waals surface area contributed by atoms with E-state index in [2.05, 4.69) is 4.72 Å². The van der Waals surface area contributed by atoms with Crippen molar-refractivity contribution in [2.75, 3.05) is 0 Å². The molecule has 2 N–H and O–H groups in total. The molecule has 0 radical (unpaired) electrons. The van der Waals surface area contributed by atoms with E-state index in [0.717, 1.165) is 6.07 Å². The molecule has 0 saturated carbocycles. The predicted octanol–water partition coefficient (Wildman–Crippen LogP) is 2.83. The van der Waals surface area contributed by atoms with Crippen LogP contribution in [0.5, 0.6) is 0 Å². The first-order valence-corrected chi connectivity index (χ1v) is 8.84. The van der Waals surface area contributed by atoms with Gasteiger partial charge in [-0.25, -0.2) is 13.9 Å². The summed E-state index contributed by atoms with van der Waals surface area (Å²) in [5.41, 5.74) is 0.0755. The molecule has 1 aliphatic rings. The zero-order chi connectivity index (χ0) is 17.4. The van der Waals surface area contributed by atoms with E-state index in [-0.39, 0.29) is 10.6 Å². The Hall–Kier alpha value is -1.38. The molecule has 0 saturated heterocycles. The van der Waals surface area contributed by atoms with E-state index in [1.165, 1.54) is 0 Å². The smallest absolute Gasteiger partial charge is 0.422 e. The molecule has 0 fully saturated rings. The van der Waals surface area contributed by atoms with Gasteiger partial charge >= 0.3 is 16.3 Å². The number of aryl methyl sites for hydroxylation is 1. The lowest BCUT2D eigenvalue weighted by molar-refractivity contribution is 0.0569. The molecular weight excluding hydrogens is 347 g/mol. The van der Waals surface area contributed by atoms with E-state index in [4.69, 9.17) is 16.3 Å². The Morgan fingerprint density at radius 3 is 2.65 bits per heavy atom. The summed E-state index contributed by atoms with van der Waals surface area (Å²) in [6.07, 6.45) is -0.228. The van der Waals surface area contributed by atoms with E-state index in [0.29, 0.717) is 18.4 Å². The van der Waals surface area contributed by atoms with Crippen LogP contribution in [0.25, 0.3) is 0 Å². The molecule has 1 unspecified atom stereocenters. The molecule has 1 aromatic carbocycles. The summed E-state index contributed by atoms with van der Waals surface area (Å²) in [6.45, 7) is 4.83. The number of hydrogen-bond donors (Lipinski definition) is 2. The number of nitrogens with one attached hydrogen (secondary N) is 2. The highest BCUT2D eigenvalue weighted by Crippen LogP contribution is 2.35. The monoisotopic (exact) mass is 364 g/mol. The summed E-state index contributed by atoms with van der Waals surface area (Å²) in [7, 11) is -4.18. The van der Waals surface area contributed by atoms with Gasteiger partial charge in [0.25, 0.3) is 0 Å². The van der Waals surface area contributed by atoms with Gasteiger partial charge in [0, 0.05) is 10.6 Å². The Morgan fingerprint density at radius 1 is 1.39 bits per heavy atom. The van der Waals surface area contributed by atoms with Gasteiger partial charge in [0.1, 0.15) is 11.4 Å². The molecule has 0 aromatic heterocycles. The standard InChI is InChI=1S/C14H18ClFN2O4S/c1-14(2,3)22-13(19)18-23(20,21)17-11-5-4-8-6-9(15)7-10(16)12(8)11/h6-7,11,17H,4-5H2,1-3H3,(H,18,19). The summed E-state index contributed by atoms with van der Waals surface area (Å²) in [4.78, 5) is 11.6. The quantitative estimate of drug-likeness (QED) is 0.863. The van der Waals surface area contributed by atoms with Gasteiger partial charge in [0.05, 0.1) is 6.04 Å². The van der Waals surface area contributed by atoms with E-state index in [1.807, 2.05) is 0 Å². The minimum Gasteiger partial charge on any atom is -0.443 e. The normalized spacial score (nSPS) is 17.7. The van der Waals surface area contributed by atoms with E-state index in [9.17, 15) is 17.6 Å². The molecule has 2 rings (SSSR count). The molecule has 1 aromatic rings. The van der Waals surface area contributed by atoms with Crippen LogP contribution in [0.15, 0.2) is 12.1 Å². The summed E-state index contributed by atoms with van der Waals surface area (Å²) in [6, 6.07) is 1.98. The number of hydrogen-bond acceptors (Lipinski definition) is 4. The zero-order valence-electron chi connectivity index (χ0n) is 12.9. The van der Waals surface area contributed by atoms with Gasteiger partial charge in [-0.15, -0.1) is 0 Å². The van der Waals surface area contributed by atoms with Gasteiger partial charge < -0.3 is 4.74 Å². The van der Waals surface area contributed by atoms with Crippen LogP contribution in [0.2, 0.25) is 5.02 Å². The van der Waals surface area contributed by atoms with Crippen molar-refractivity contribution in [1.82, 2.24) is 9.44 Å². The number of halogens is 2. The molecular formula is C14H18ClFN2O4S. The van der Waals surface area contributed by atoms with Crippen LogP contribution >= 0.6 is 11.6 Å². The van der Waals surface area contributed by atoms with Crippen molar-refractivity contribution >= 4 is 27.9 Å². The fraction of sp³-hybridized carbons (Fsp3) is 0.500. The summed E-state index contributed by atoms with van der Waals surface area (Å²) < 4.78 is 46.9. The first kappa shape index (κ1) is 18.0. The molecule has 1 aliphatic carbocycles. The lowest BCUT2D eigenvalue weighted by Gasteiger charge is -2.20. The van der Waals surface area contributed by atoms with Crippen LogP contribution in [-0.4, -0.2) is 20.1 Å². The second kappa shape index (κ2) is 6.26. The van der Waals surface area contributed by atoms with Crippen LogP contribution in [-0.2, 0) is 21.4 Å². The van der Waals surface area contributed by atoms with Gasteiger partial charge in [-0.2, -0.15) is 13.1 Å². The number of carbonyl (C=O) groups excluding carboxylic acids is 1. The number of carbonyl (C=O) groups is 1. The highest BCUT2D eigenvalue weighted by molar-refractivity contribution is 7.88. The van der Waals surface area contributed by atoms with Crippen molar-refractivity contribution in [3.05, 3.63) is 34.1 Å². The Bertz CT molecular complexity index is 731. The topological polar surface area (TPSA) is 84.5 Å². The van der Waals surface area contributed by atoms with Crippen molar-refractivity contribution in [2.24, 2.45) is 0 Å². The second-order valence-corrected chi connectivity index (χ2v) is 8.16. The van der Waals surface area contributed by atoms with E-state index < -0.39 is 33.8 Å². The number of amides is 1. The SMILES string of the molecule is CC(C)(C)OC(=O)NS(=O)(=O)NC1CCc2cc(Cl)cc(F)c21. The molecule has 23 heavy (non-hydrogen) atoms. The van der Waals surface area contributed by atoms with Crippen LogP contribution in [0.3, 0.4) is 0 Å². The molecule has 1 atom stereocenters. The fourth-order valence-electron chi connectivity index (χ4n) is 2.42. The van der Waals surface area contributed by atoms with Crippen LogP contribution < -0.4 is 9.44 Å². The third-order valence-electron chi connectivity index (χ3n) is 3.14. The zero-order valence-corrected chi connectivity index (χ0v) is 14.5. The summed E-state index contributed by atoms with van der Waals surface area (Å²) >= 11 is 5.79. The maximum atomic E-state index is 14.0. The van der Waals surface area contributed by atoms with Gasteiger partial charge in [0.2, 0.25) is 0 Å². The van der Waals surface area contributed by atoms with Crippen LogP contribution in [0.1, 0.15) is 44.4 Å². The lowest BCUT2D eigenvalue weighted by Crippen LogP contribution is -2.43. The summed E-state index contributed by atoms with van der Waals surface area (Å²) in [5, 5.41) is 0.261. The third kappa shape index (κ3) is 4.79. The molecule has 6 nitrogen and oxygen atoms in total. The molecule has 0 bridgehead atoms. The number of fused-ring (bicyclic) bond motifs is 1. The van der Waals surface area contributed by atoms with Gasteiger partial charge in [-0.05, 0) is 51.3 Å². The molecule has 128 valence electrons. The largest absolute Gasteiger partial charge is 0.443 e. The van der Waals surface area contributed by atoms with Crippen molar-refractivity contribution in [3.63, 3.8) is 0 Å². The maximum Gasteiger partial charge on any atom is 0.422 e. The van der Waals surface area contributed by atoms with Crippen molar-refractivity contribution in [3.8, 4) is 0 Å². The highest BCUT2D eigenvalue weighted by Gasteiger charge is 2.31. The molecule has 9 heteroatoms. The molecule has 0 spiro atoms. The second-order valence-electron chi connectivity index (χ2n) is 6.28. The van der Waals surface area contributed by atoms with Gasteiger partial charge in [0.15, 0.2) is 0 Å². The third-order valence-corrected chi connectivity index (χ3v) is 4.39. The first-order valence-electron chi connectivity index (χ1n) is 6.98. The minimum absolute atomic E-state index is 0.254. The van der Waals surface area contributed by atoms with Gasteiger partial charge in [-0.1, -0.05) is 11.6 Å². The Labute approximate surface area is 139 Å². The molecule has 1 amide bonds. The molecule has 0 heterocycles. The van der Waals surface area contributed by atoms with Crippen LogP contribution in [0.4, 0.5) is 9.18 Å². The number of rotatable bonds is 3. The average molecular weight is 365 g/mol. The Balaban J connectivity index is 2.11. The highest BCUT2D eigenvalue weighted by atomic mass is 35.5. The predicted molar refractivity (Wildman–Crippen MR) is 83.9 cm³/mol. The van der Waals surface area contributed by atoms with Crippen LogP contribution in [0, 0.1) is 5.82 Å². The van der Waals surface area contributed by atoms with E-state index in [1.54, 1.807) is 31.6 Å². The minimum atomic E-state index is -4.18. The van der Waals surface area contributed by atoms with Crippen molar-refractivity contribution < 1.29 is 22.3 Å². The lowest BCUT2D eigenvalue weighted by atomic mass is 10.1. The Kier molecular flexibility index (Phi) is 4.89. The average Bonchev–Trinajstić information content (AvgIpc) is 2.67. The fourth-order valence-corrected chi connectivity index (χ4v) is 3.58. The van der Waals surface area contributed by atoms with Crippen molar-refractivity contribution in [1.29, 1.82) is 0 Å². The van der Waals surface area contributed by atoms with Gasteiger partial charge in [-0.3, -0.25) is 0 Å². The number of benzene rings is 1. The van der Waals surface area contributed by atoms with E-state index >= 15 is 0 Å². The summed E-state index contributed by atoms with van der Waals surface area (Å²) in [5.74, 6) is -0.574. The Morgan fingerprint density at radius 2 is 2.04 bits per heavy atom. The van der Waals surface area contributed by atoms with Crippen molar-refractivity contribution in [2.45, 2.75) is 45.3 Å². The molecule has 0 aliphatic heterocycles. The first-order chi connectivity index (χ1) is 10.5.